The van der Waals surface area contributed by atoms with Crippen LogP contribution < -0.4 is 10.6 Å². The van der Waals surface area contributed by atoms with Gasteiger partial charge in [-0.05, 0) is 40.0 Å². The Morgan fingerprint density at radius 3 is 2.71 bits per heavy atom. The second-order valence-corrected chi connectivity index (χ2v) is 5.81. The Morgan fingerprint density at radius 2 is 2.12 bits per heavy atom. The van der Waals surface area contributed by atoms with Crippen LogP contribution in [0.15, 0.2) is 0 Å². The van der Waals surface area contributed by atoms with Gasteiger partial charge in [0, 0.05) is 30.7 Å². The minimum atomic E-state index is 0.109. The number of nitrogens with zero attached hydrogens (tertiary/aromatic N) is 1. The van der Waals surface area contributed by atoms with E-state index >= 15 is 0 Å². The molecule has 0 spiro atoms. The van der Waals surface area contributed by atoms with E-state index in [4.69, 9.17) is 0 Å². The van der Waals surface area contributed by atoms with Gasteiger partial charge in [0.1, 0.15) is 0 Å². The van der Waals surface area contributed by atoms with Crippen LogP contribution in [0.2, 0.25) is 0 Å². The van der Waals surface area contributed by atoms with Crippen molar-refractivity contribution in [2.45, 2.75) is 64.2 Å². The van der Waals surface area contributed by atoms with Crippen LogP contribution in [0.4, 0.5) is 0 Å². The van der Waals surface area contributed by atoms with Crippen LogP contribution in [-0.2, 0) is 4.79 Å². The number of hydrogen-bond acceptors (Lipinski definition) is 3. The second-order valence-electron chi connectivity index (χ2n) is 5.81. The van der Waals surface area contributed by atoms with E-state index in [0.29, 0.717) is 18.6 Å². The fourth-order valence-electron chi connectivity index (χ4n) is 2.73. The standard InChI is InChI=1S/C13H25N3O/c1-9(2)15-13(17)7-14-11-6-10(3)16(8-11)12-4-5-12/h9-12,14H,4-8H2,1-3H3,(H,15,17). The van der Waals surface area contributed by atoms with E-state index in [1.807, 2.05) is 13.8 Å². The number of carbonyl (C=O) groups excluding carboxylic acids is 1. The maximum atomic E-state index is 11.5. The zero-order valence-corrected chi connectivity index (χ0v) is 11.2. The molecule has 0 radical (unpaired) electrons. The van der Waals surface area contributed by atoms with Gasteiger partial charge in [0.05, 0.1) is 6.54 Å². The van der Waals surface area contributed by atoms with Gasteiger partial charge in [-0.3, -0.25) is 9.69 Å². The third-order valence-electron chi connectivity index (χ3n) is 3.64. The summed E-state index contributed by atoms with van der Waals surface area (Å²) in [6.45, 7) is 7.85. The van der Waals surface area contributed by atoms with Crippen LogP contribution in [-0.4, -0.2) is 48.1 Å². The maximum Gasteiger partial charge on any atom is 0.234 e. The summed E-state index contributed by atoms with van der Waals surface area (Å²) in [5, 5.41) is 6.29. The topological polar surface area (TPSA) is 44.4 Å². The van der Waals surface area contributed by atoms with E-state index in [2.05, 4.69) is 22.5 Å². The molecule has 2 aliphatic rings. The Labute approximate surface area is 104 Å². The largest absolute Gasteiger partial charge is 0.353 e. The van der Waals surface area contributed by atoms with Crippen molar-refractivity contribution in [3.8, 4) is 0 Å². The Morgan fingerprint density at radius 1 is 1.41 bits per heavy atom. The van der Waals surface area contributed by atoms with E-state index in [-0.39, 0.29) is 11.9 Å². The quantitative estimate of drug-likeness (QED) is 0.743. The van der Waals surface area contributed by atoms with Crippen molar-refractivity contribution in [1.29, 1.82) is 0 Å². The summed E-state index contributed by atoms with van der Waals surface area (Å²) in [4.78, 5) is 14.1. The monoisotopic (exact) mass is 239 g/mol. The SMILES string of the molecule is CC(C)NC(=O)CNC1CC(C)N(C2CC2)C1. The molecule has 1 aliphatic carbocycles. The molecule has 2 fully saturated rings. The molecule has 0 aromatic carbocycles. The first-order valence-electron chi connectivity index (χ1n) is 6.84. The summed E-state index contributed by atoms with van der Waals surface area (Å²) >= 11 is 0. The van der Waals surface area contributed by atoms with Crippen LogP contribution in [0.5, 0.6) is 0 Å². The molecule has 1 saturated heterocycles. The molecule has 0 aromatic heterocycles. The summed E-state index contributed by atoms with van der Waals surface area (Å²) in [6.07, 6.45) is 3.90. The lowest BCUT2D eigenvalue weighted by atomic mass is 10.2. The fraction of sp³-hybridized carbons (Fsp3) is 0.923. The second kappa shape index (κ2) is 5.36. The zero-order valence-electron chi connectivity index (χ0n) is 11.2. The highest BCUT2D eigenvalue weighted by Crippen LogP contribution is 2.33. The molecular weight excluding hydrogens is 214 g/mol. The minimum Gasteiger partial charge on any atom is -0.353 e. The minimum absolute atomic E-state index is 0.109. The Bertz CT molecular complexity index is 276. The van der Waals surface area contributed by atoms with Crippen LogP contribution in [0.1, 0.15) is 40.0 Å². The van der Waals surface area contributed by atoms with Crippen molar-refractivity contribution in [2.24, 2.45) is 0 Å². The molecule has 2 rings (SSSR count). The fourth-order valence-corrected chi connectivity index (χ4v) is 2.73. The molecular formula is C13H25N3O. The van der Waals surface area contributed by atoms with Gasteiger partial charge < -0.3 is 10.6 Å². The Balaban J connectivity index is 1.68. The van der Waals surface area contributed by atoms with Crippen molar-refractivity contribution in [3.63, 3.8) is 0 Å². The molecule has 1 amide bonds. The summed E-state index contributed by atoms with van der Waals surface area (Å²) in [6, 6.07) is 2.23. The number of likely N-dealkylation sites (tertiary alicyclic amines) is 1. The third kappa shape index (κ3) is 3.68. The van der Waals surface area contributed by atoms with Crippen LogP contribution in [0.25, 0.3) is 0 Å². The van der Waals surface area contributed by atoms with Crippen LogP contribution in [0.3, 0.4) is 0 Å². The third-order valence-corrected chi connectivity index (χ3v) is 3.64. The van der Waals surface area contributed by atoms with Gasteiger partial charge in [-0.2, -0.15) is 0 Å². The first-order chi connectivity index (χ1) is 8.06. The molecule has 2 N–H and O–H groups in total. The van der Waals surface area contributed by atoms with Gasteiger partial charge in [-0.25, -0.2) is 0 Å². The van der Waals surface area contributed by atoms with E-state index < -0.39 is 0 Å². The molecule has 1 heterocycles. The average molecular weight is 239 g/mol. The highest BCUT2D eigenvalue weighted by Gasteiger charge is 2.38. The van der Waals surface area contributed by atoms with Crippen LogP contribution in [0, 0.1) is 0 Å². The lowest BCUT2D eigenvalue weighted by Gasteiger charge is -2.19. The van der Waals surface area contributed by atoms with Crippen molar-refractivity contribution < 1.29 is 4.79 Å². The molecule has 4 heteroatoms. The highest BCUT2D eigenvalue weighted by molar-refractivity contribution is 5.78. The first kappa shape index (κ1) is 12.8. The molecule has 1 aliphatic heterocycles. The highest BCUT2D eigenvalue weighted by atomic mass is 16.1. The Kier molecular flexibility index (Phi) is 4.05. The average Bonchev–Trinajstić information content (AvgIpc) is 2.99. The lowest BCUT2D eigenvalue weighted by molar-refractivity contribution is -0.120. The number of carbonyl (C=O) groups is 1. The molecule has 1 saturated carbocycles. The van der Waals surface area contributed by atoms with Crippen molar-refractivity contribution in [2.75, 3.05) is 13.1 Å². The first-order valence-corrected chi connectivity index (χ1v) is 6.84. The number of amides is 1. The number of hydrogen-bond donors (Lipinski definition) is 2. The van der Waals surface area contributed by atoms with Crippen molar-refractivity contribution >= 4 is 5.91 Å². The summed E-state index contributed by atoms with van der Waals surface area (Å²) in [7, 11) is 0. The van der Waals surface area contributed by atoms with Gasteiger partial charge >= 0.3 is 0 Å². The predicted molar refractivity (Wildman–Crippen MR) is 68.9 cm³/mol. The van der Waals surface area contributed by atoms with Crippen LogP contribution >= 0.6 is 0 Å². The van der Waals surface area contributed by atoms with E-state index in [9.17, 15) is 4.79 Å². The zero-order chi connectivity index (χ0) is 12.4. The van der Waals surface area contributed by atoms with Gasteiger partial charge in [-0.1, -0.05) is 0 Å². The molecule has 98 valence electrons. The molecule has 17 heavy (non-hydrogen) atoms. The van der Waals surface area contributed by atoms with E-state index in [1.54, 1.807) is 0 Å². The predicted octanol–water partition coefficient (Wildman–Crippen LogP) is 0.726. The number of nitrogens with one attached hydrogen (secondary N) is 2. The molecule has 0 bridgehead atoms. The van der Waals surface area contributed by atoms with E-state index in [1.165, 1.54) is 19.3 Å². The van der Waals surface area contributed by atoms with Gasteiger partial charge in [-0.15, -0.1) is 0 Å². The van der Waals surface area contributed by atoms with Gasteiger partial charge in [0.25, 0.3) is 0 Å². The molecule has 4 nitrogen and oxygen atoms in total. The molecule has 0 aromatic rings. The van der Waals surface area contributed by atoms with E-state index in [0.717, 1.165) is 12.6 Å². The molecule has 2 atom stereocenters. The van der Waals surface area contributed by atoms with Crippen molar-refractivity contribution in [3.05, 3.63) is 0 Å². The van der Waals surface area contributed by atoms with Gasteiger partial charge in [0.15, 0.2) is 0 Å². The normalized spacial score (nSPS) is 29.9. The summed E-state index contributed by atoms with van der Waals surface area (Å²) in [5.74, 6) is 0.109. The Hall–Kier alpha value is -0.610. The van der Waals surface area contributed by atoms with Crippen molar-refractivity contribution in [1.82, 2.24) is 15.5 Å². The summed E-state index contributed by atoms with van der Waals surface area (Å²) < 4.78 is 0. The van der Waals surface area contributed by atoms with Gasteiger partial charge in [0.2, 0.25) is 5.91 Å². The summed E-state index contributed by atoms with van der Waals surface area (Å²) in [5.41, 5.74) is 0. The smallest absolute Gasteiger partial charge is 0.234 e. The molecule has 2 unspecified atom stereocenters. The lowest BCUT2D eigenvalue weighted by Crippen LogP contribution is -2.42. The maximum absolute atomic E-state index is 11.5. The number of rotatable bonds is 5.